The average molecular weight is 205 g/mol. The van der Waals surface area contributed by atoms with Gasteiger partial charge in [-0.1, -0.05) is 0 Å². The summed E-state index contributed by atoms with van der Waals surface area (Å²) in [5.41, 5.74) is 6.20. The Morgan fingerprint density at radius 2 is 2.20 bits per heavy atom. The summed E-state index contributed by atoms with van der Waals surface area (Å²) >= 11 is 0. The SMILES string of the molecule is CC(N)=NC(=O)c1ccc(C)nc1C=O. The Morgan fingerprint density at radius 3 is 2.73 bits per heavy atom. The Bertz CT molecular complexity index is 434. The van der Waals surface area contributed by atoms with Crippen LogP contribution >= 0.6 is 0 Å². The van der Waals surface area contributed by atoms with Crippen molar-refractivity contribution in [2.45, 2.75) is 13.8 Å². The molecular formula is C10H11N3O2. The first-order chi connectivity index (χ1) is 7.04. The molecule has 0 spiro atoms. The van der Waals surface area contributed by atoms with E-state index in [4.69, 9.17) is 5.73 Å². The van der Waals surface area contributed by atoms with Gasteiger partial charge in [0.15, 0.2) is 6.29 Å². The predicted octanol–water partition coefficient (Wildman–Crippen LogP) is 0.720. The van der Waals surface area contributed by atoms with Crippen LogP contribution in [-0.4, -0.2) is 23.0 Å². The molecule has 1 rings (SSSR count). The van der Waals surface area contributed by atoms with E-state index < -0.39 is 5.91 Å². The zero-order chi connectivity index (χ0) is 11.4. The summed E-state index contributed by atoms with van der Waals surface area (Å²) in [6.07, 6.45) is 0.529. The Balaban J connectivity index is 3.20. The van der Waals surface area contributed by atoms with Crippen molar-refractivity contribution in [2.24, 2.45) is 10.7 Å². The highest BCUT2D eigenvalue weighted by Crippen LogP contribution is 2.07. The quantitative estimate of drug-likeness (QED) is 0.438. The molecule has 0 atom stereocenters. The maximum absolute atomic E-state index is 11.5. The van der Waals surface area contributed by atoms with Crippen LogP contribution in [0, 0.1) is 6.92 Å². The lowest BCUT2D eigenvalue weighted by molar-refractivity contribution is 0.0994. The second-order valence-electron chi connectivity index (χ2n) is 3.06. The molecule has 0 saturated heterocycles. The molecule has 0 bridgehead atoms. The van der Waals surface area contributed by atoms with Gasteiger partial charge in [-0.25, -0.2) is 4.98 Å². The highest BCUT2D eigenvalue weighted by Gasteiger charge is 2.11. The number of rotatable bonds is 2. The van der Waals surface area contributed by atoms with Crippen LogP contribution in [0.15, 0.2) is 17.1 Å². The van der Waals surface area contributed by atoms with E-state index in [2.05, 4.69) is 9.98 Å². The number of hydrogen-bond acceptors (Lipinski definition) is 3. The normalized spacial score (nSPS) is 11.2. The average Bonchev–Trinajstić information content (AvgIpc) is 2.16. The van der Waals surface area contributed by atoms with E-state index in [0.717, 1.165) is 0 Å². The monoisotopic (exact) mass is 205 g/mol. The number of aromatic nitrogens is 1. The van der Waals surface area contributed by atoms with Gasteiger partial charge in [0, 0.05) is 5.69 Å². The van der Waals surface area contributed by atoms with Crippen molar-refractivity contribution in [3.8, 4) is 0 Å². The number of nitrogens with two attached hydrogens (primary N) is 1. The highest BCUT2D eigenvalue weighted by molar-refractivity contribution is 6.05. The fourth-order valence-electron chi connectivity index (χ4n) is 1.07. The van der Waals surface area contributed by atoms with Crippen LogP contribution in [0.3, 0.4) is 0 Å². The van der Waals surface area contributed by atoms with Gasteiger partial charge in [-0.3, -0.25) is 9.59 Å². The topological polar surface area (TPSA) is 85.4 Å². The summed E-state index contributed by atoms with van der Waals surface area (Å²) in [6, 6.07) is 3.16. The number of nitrogens with zero attached hydrogens (tertiary/aromatic N) is 2. The Hall–Kier alpha value is -2.04. The zero-order valence-electron chi connectivity index (χ0n) is 8.52. The number of amides is 1. The molecule has 1 amide bonds. The third-order valence-corrected chi connectivity index (χ3v) is 1.68. The van der Waals surface area contributed by atoms with Crippen molar-refractivity contribution in [1.82, 2.24) is 4.98 Å². The first kappa shape index (κ1) is 11.0. The van der Waals surface area contributed by atoms with Gasteiger partial charge in [0.2, 0.25) is 0 Å². The molecule has 5 nitrogen and oxygen atoms in total. The number of amidine groups is 1. The first-order valence-corrected chi connectivity index (χ1v) is 4.32. The largest absolute Gasteiger partial charge is 0.387 e. The fourth-order valence-corrected chi connectivity index (χ4v) is 1.07. The van der Waals surface area contributed by atoms with Crippen LogP contribution in [0.25, 0.3) is 0 Å². The van der Waals surface area contributed by atoms with Crippen LogP contribution in [0.5, 0.6) is 0 Å². The number of aldehydes is 1. The molecule has 0 aliphatic rings. The second kappa shape index (κ2) is 4.45. The number of aliphatic imine (C=N–C) groups is 1. The predicted molar refractivity (Wildman–Crippen MR) is 56.0 cm³/mol. The number of hydrogen-bond donors (Lipinski definition) is 1. The summed E-state index contributed by atoms with van der Waals surface area (Å²) < 4.78 is 0. The maximum Gasteiger partial charge on any atom is 0.280 e. The van der Waals surface area contributed by atoms with Gasteiger partial charge in [-0.05, 0) is 26.0 Å². The summed E-state index contributed by atoms with van der Waals surface area (Å²) in [4.78, 5) is 29.6. The van der Waals surface area contributed by atoms with Crippen molar-refractivity contribution in [3.05, 3.63) is 29.1 Å². The molecule has 0 aliphatic heterocycles. The van der Waals surface area contributed by atoms with E-state index in [0.29, 0.717) is 12.0 Å². The van der Waals surface area contributed by atoms with Gasteiger partial charge in [-0.2, -0.15) is 4.99 Å². The van der Waals surface area contributed by atoms with Crippen LogP contribution in [-0.2, 0) is 0 Å². The minimum Gasteiger partial charge on any atom is -0.387 e. The van der Waals surface area contributed by atoms with Gasteiger partial charge in [0.05, 0.1) is 5.56 Å². The standard InChI is InChI=1S/C10H11N3O2/c1-6-3-4-8(9(5-14)12-6)10(15)13-7(2)11/h3-5H,1-2H3,(H2,11,13,15). The molecule has 78 valence electrons. The highest BCUT2D eigenvalue weighted by atomic mass is 16.1. The minimum atomic E-state index is -0.551. The van der Waals surface area contributed by atoms with Crippen molar-refractivity contribution < 1.29 is 9.59 Å². The van der Waals surface area contributed by atoms with Crippen molar-refractivity contribution in [1.29, 1.82) is 0 Å². The van der Waals surface area contributed by atoms with Gasteiger partial charge >= 0.3 is 0 Å². The lowest BCUT2D eigenvalue weighted by Crippen LogP contribution is -2.11. The Kier molecular flexibility index (Phi) is 3.28. The fraction of sp³-hybridized carbons (Fsp3) is 0.200. The van der Waals surface area contributed by atoms with Crippen LogP contribution in [0.4, 0.5) is 0 Å². The van der Waals surface area contributed by atoms with Gasteiger partial charge < -0.3 is 5.73 Å². The number of aryl methyl sites for hydroxylation is 1. The Labute approximate surface area is 87.0 Å². The molecule has 5 heteroatoms. The lowest BCUT2D eigenvalue weighted by Gasteiger charge is -2.00. The second-order valence-corrected chi connectivity index (χ2v) is 3.06. The smallest absolute Gasteiger partial charge is 0.280 e. The van der Waals surface area contributed by atoms with E-state index in [-0.39, 0.29) is 17.1 Å². The van der Waals surface area contributed by atoms with Crippen LogP contribution < -0.4 is 5.73 Å². The number of carbonyl (C=O) groups excluding carboxylic acids is 2. The molecule has 2 N–H and O–H groups in total. The van der Waals surface area contributed by atoms with E-state index in [1.54, 1.807) is 13.0 Å². The molecule has 0 radical (unpaired) electrons. The Morgan fingerprint density at radius 1 is 1.53 bits per heavy atom. The van der Waals surface area contributed by atoms with Gasteiger partial charge in [0.1, 0.15) is 11.5 Å². The molecule has 1 aromatic rings. The van der Waals surface area contributed by atoms with Crippen LogP contribution in [0.1, 0.15) is 33.5 Å². The van der Waals surface area contributed by atoms with Crippen molar-refractivity contribution in [2.75, 3.05) is 0 Å². The zero-order valence-corrected chi connectivity index (χ0v) is 8.52. The van der Waals surface area contributed by atoms with E-state index >= 15 is 0 Å². The molecule has 0 unspecified atom stereocenters. The maximum atomic E-state index is 11.5. The molecule has 15 heavy (non-hydrogen) atoms. The van der Waals surface area contributed by atoms with Gasteiger partial charge in [0.25, 0.3) is 5.91 Å². The molecule has 1 aromatic heterocycles. The third-order valence-electron chi connectivity index (χ3n) is 1.68. The molecule has 0 saturated carbocycles. The summed E-state index contributed by atoms with van der Waals surface area (Å²) in [7, 11) is 0. The summed E-state index contributed by atoms with van der Waals surface area (Å²) in [6.45, 7) is 3.23. The minimum absolute atomic E-state index is 0.0880. The third kappa shape index (κ3) is 2.70. The number of pyridine rings is 1. The first-order valence-electron chi connectivity index (χ1n) is 4.32. The van der Waals surface area contributed by atoms with E-state index in [9.17, 15) is 9.59 Å². The van der Waals surface area contributed by atoms with Crippen LogP contribution in [0.2, 0.25) is 0 Å². The summed E-state index contributed by atoms with van der Waals surface area (Å²) in [5.74, 6) is -0.401. The van der Waals surface area contributed by atoms with E-state index in [1.807, 2.05) is 0 Å². The molecule has 0 aromatic carbocycles. The molecular weight excluding hydrogens is 194 g/mol. The lowest BCUT2D eigenvalue weighted by atomic mass is 10.2. The van der Waals surface area contributed by atoms with E-state index in [1.165, 1.54) is 13.0 Å². The van der Waals surface area contributed by atoms with Gasteiger partial charge in [-0.15, -0.1) is 0 Å². The van der Waals surface area contributed by atoms with Crippen molar-refractivity contribution in [3.63, 3.8) is 0 Å². The summed E-state index contributed by atoms with van der Waals surface area (Å²) in [5, 5.41) is 0. The number of carbonyl (C=O) groups is 2. The molecule has 0 fully saturated rings. The molecule has 0 aliphatic carbocycles. The van der Waals surface area contributed by atoms with Crippen molar-refractivity contribution >= 4 is 18.0 Å². The molecule has 1 heterocycles.